The Morgan fingerprint density at radius 1 is 0.587 bits per heavy atom. The van der Waals surface area contributed by atoms with E-state index in [0.717, 1.165) is 11.1 Å². The minimum absolute atomic E-state index is 0.0118. The van der Waals surface area contributed by atoms with E-state index >= 15 is 0 Å². The number of hydrogen-bond donors (Lipinski definition) is 4. The van der Waals surface area contributed by atoms with Gasteiger partial charge in [-0.25, -0.2) is 0 Å². The second kappa shape index (κ2) is 11.5. The van der Waals surface area contributed by atoms with E-state index in [1.807, 2.05) is 38.1 Å². The molecule has 0 unspecified atom stereocenters. The number of rotatable bonds is 1. The van der Waals surface area contributed by atoms with Gasteiger partial charge >= 0.3 is 0 Å². The SMILES string of the molecule is Cc1c(Cl)c(C)c2c(O)c1Cc1cc(C(C)(C)C)cc(c1O)Cc1cc([N+](=O)[O-])cc(c1O)Cc1cc(C(C)(C)C)cc(c1O)C2. The fourth-order valence-electron chi connectivity index (χ4n) is 6.35. The molecule has 5 rings (SSSR count). The zero-order chi connectivity index (χ0) is 34.0. The third kappa shape index (κ3) is 6.01. The van der Waals surface area contributed by atoms with Gasteiger partial charge in [-0.3, -0.25) is 10.1 Å². The number of phenolic OH excluding ortho intramolecular Hbond substituents is 4. The van der Waals surface area contributed by atoms with Crippen molar-refractivity contribution in [3.8, 4) is 23.0 Å². The molecule has 1 aliphatic carbocycles. The monoisotopic (exact) mass is 643 g/mol. The lowest BCUT2D eigenvalue weighted by Crippen LogP contribution is -2.14. The maximum Gasteiger partial charge on any atom is 0.270 e. The minimum Gasteiger partial charge on any atom is -0.507 e. The van der Waals surface area contributed by atoms with Crippen molar-refractivity contribution >= 4 is 17.3 Å². The van der Waals surface area contributed by atoms with E-state index in [-0.39, 0.29) is 76.3 Å². The van der Waals surface area contributed by atoms with Crippen LogP contribution in [0.1, 0.15) is 108 Å². The number of halogens is 1. The Kier molecular flexibility index (Phi) is 8.31. The Morgan fingerprint density at radius 3 is 1.20 bits per heavy atom. The van der Waals surface area contributed by atoms with E-state index in [1.165, 1.54) is 12.1 Å². The van der Waals surface area contributed by atoms with Crippen molar-refractivity contribution in [1.82, 2.24) is 0 Å². The molecule has 0 amide bonds. The van der Waals surface area contributed by atoms with Crippen molar-refractivity contribution < 1.29 is 25.3 Å². The van der Waals surface area contributed by atoms with Gasteiger partial charge in [0.25, 0.3) is 5.69 Å². The molecular weight excluding hydrogens is 602 g/mol. The van der Waals surface area contributed by atoms with E-state index in [0.29, 0.717) is 49.5 Å². The molecule has 4 aromatic rings. The zero-order valence-corrected chi connectivity index (χ0v) is 28.5. The van der Waals surface area contributed by atoms with Gasteiger partial charge < -0.3 is 20.4 Å². The average Bonchev–Trinajstić information content (AvgIpc) is 2.95. The van der Waals surface area contributed by atoms with Crippen LogP contribution in [0.2, 0.25) is 5.02 Å². The van der Waals surface area contributed by atoms with Crippen LogP contribution in [0.25, 0.3) is 0 Å². The minimum atomic E-state index is -0.497. The molecule has 8 heteroatoms. The molecule has 4 N–H and O–H groups in total. The quantitative estimate of drug-likeness (QED) is 0.107. The van der Waals surface area contributed by atoms with Gasteiger partial charge in [0, 0.05) is 65.1 Å². The molecule has 0 fully saturated rings. The van der Waals surface area contributed by atoms with Crippen molar-refractivity contribution in [2.45, 2.75) is 91.9 Å². The lowest BCUT2D eigenvalue weighted by Gasteiger charge is -2.25. The molecule has 242 valence electrons. The number of benzene rings is 4. The smallest absolute Gasteiger partial charge is 0.270 e. The first-order chi connectivity index (χ1) is 21.3. The van der Waals surface area contributed by atoms with Crippen molar-refractivity contribution in [1.29, 1.82) is 0 Å². The van der Waals surface area contributed by atoms with Crippen LogP contribution in [0.4, 0.5) is 5.69 Å². The van der Waals surface area contributed by atoms with E-state index in [2.05, 4.69) is 41.5 Å². The molecule has 0 atom stereocenters. The molecule has 0 saturated carbocycles. The van der Waals surface area contributed by atoms with E-state index in [9.17, 15) is 30.5 Å². The summed E-state index contributed by atoms with van der Waals surface area (Å²) >= 11 is 6.91. The van der Waals surface area contributed by atoms with Gasteiger partial charge in [0.1, 0.15) is 23.0 Å². The summed E-state index contributed by atoms with van der Waals surface area (Å²) in [6, 6.07) is 10.2. The number of non-ortho nitro benzene ring substituents is 1. The largest absolute Gasteiger partial charge is 0.507 e. The summed E-state index contributed by atoms with van der Waals surface area (Å²) in [5.41, 5.74) is 6.22. The fraction of sp³-hybridized carbons (Fsp3) is 0.368. The Morgan fingerprint density at radius 2 is 0.891 bits per heavy atom. The van der Waals surface area contributed by atoms with Gasteiger partial charge in [0.05, 0.1) is 4.92 Å². The summed E-state index contributed by atoms with van der Waals surface area (Å²) in [7, 11) is 0. The summed E-state index contributed by atoms with van der Waals surface area (Å²) in [4.78, 5) is 11.6. The molecule has 0 radical (unpaired) electrons. The highest BCUT2D eigenvalue weighted by molar-refractivity contribution is 6.32. The Balaban J connectivity index is 1.90. The molecule has 7 nitrogen and oxygen atoms in total. The standard InChI is InChI=1S/C38H42ClNO6/c1-19-30-17-25-13-27(37(3,4)5)11-21(33(25)41)9-23-15-29(40(45)46)16-24(35(23)43)10-22-12-28(38(6,7)8)14-26(34(22)42)18-31(36(30)44)20(2)32(19)39/h11-16,41-44H,9-10,17-18H2,1-8H3. The summed E-state index contributed by atoms with van der Waals surface area (Å²) < 4.78 is 0. The van der Waals surface area contributed by atoms with Gasteiger partial charge in [0.15, 0.2) is 0 Å². The number of hydrogen-bond acceptors (Lipinski definition) is 6. The van der Waals surface area contributed by atoms with Crippen LogP contribution in [-0.2, 0) is 36.5 Å². The zero-order valence-electron chi connectivity index (χ0n) is 27.7. The molecule has 0 saturated heterocycles. The second-order valence-electron chi connectivity index (χ2n) is 14.7. The highest BCUT2D eigenvalue weighted by Gasteiger charge is 2.27. The van der Waals surface area contributed by atoms with E-state index < -0.39 is 4.92 Å². The van der Waals surface area contributed by atoms with Gasteiger partial charge in [-0.2, -0.15) is 0 Å². The van der Waals surface area contributed by atoms with E-state index in [1.54, 1.807) is 0 Å². The summed E-state index contributed by atoms with van der Waals surface area (Å²) in [6.07, 6.45) is 0.374. The molecule has 0 aromatic heterocycles. The average molecular weight is 644 g/mol. The predicted molar refractivity (Wildman–Crippen MR) is 182 cm³/mol. The lowest BCUT2D eigenvalue weighted by atomic mass is 9.81. The first-order valence-electron chi connectivity index (χ1n) is 15.5. The summed E-state index contributed by atoms with van der Waals surface area (Å²) in [5.74, 6) is -0.0815. The van der Waals surface area contributed by atoms with Crippen molar-refractivity contribution in [2.24, 2.45) is 0 Å². The predicted octanol–water partition coefficient (Wildman–Crippen LogP) is 8.96. The molecule has 0 aliphatic heterocycles. The number of nitro groups is 1. The van der Waals surface area contributed by atoms with Crippen LogP contribution >= 0.6 is 11.6 Å². The maximum absolute atomic E-state index is 12.1. The normalized spacial score (nSPS) is 13.5. The Hall–Kier alpha value is -4.23. The fourth-order valence-corrected chi connectivity index (χ4v) is 6.58. The highest BCUT2D eigenvalue weighted by Crippen LogP contribution is 2.44. The Labute approximate surface area is 275 Å². The first-order valence-corrected chi connectivity index (χ1v) is 15.8. The van der Waals surface area contributed by atoms with Crippen LogP contribution in [0, 0.1) is 24.0 Å². The number of nitro benzene ring substituents is 1. The maximum atomic E-state index is 12.1. The topological polar surface area (TPSA) is 124 Å². The third-order valence-electron chi connectivity index (χ3n) is 9.36. The molecule has 0 heterocycles. The third-order valence-corrected chi connectivity index (χ3v) is 9.93. The van der Waals surface area contributed by atoms with Crippen LogP contribution in [-0.4, -0.2) is 25.3 Å². The molecule has 8 bridgehead atoms. The van der Waals surface area contributed by atoms with Crippen molar-refractivity contribution in [2.75, 3.05) is 0 Å². The van der Waals surface area contributed by atoms with E-state index in [4.69, 9.17) is 11.6 Å². The molecule has 4 aromatic carbocycles. The van der Waals surface area contributed by atoms with Crippen molar-refractivity contribution in [3.63, 3.8) is 0 Å². The molecule has 0 spiro atoms. The van der Waals surface area contributed by atoms with Crippen LogP contribution in [0.5, 0.6) is 23.0 Å². The number of nitrogens with zero attached hydrogens (tertiary/aromatic N) is 1. The Bertz CT molecular complexity index is 1790. The first kappa shape index (κ1) is 33.1. The molecule has 46 heavy (non-hydrogen) atoms. The number of fused-ring (bicyclic) bond motifs is 8. The van der Waals surface area contributed by atoms with Crippen LogP contribution in [0.3, 0.4) is 0 Å². The second-order valence-corrected chi connectivity index (χ2v) is 15.1. The number of phenols is 4. The highest BCUT2D eigenvalue weighted by atomic mass is 35.5. The van der Waals surface area contributed by atoms with Gasteiger partial charge in [-0.05, 0) is 69.2 Å². The van der Waals surface area contributed by atoms with Gasteiger partial charge in [0.2, 0.25) is 0 Å². The van der Waals surface area contributed by atoms with Gasteiger partial charge in [-0.15, -0.1) is 0 Å². The van der Waals surface area contributed by atoms with Gasteiger partial charge in [-0.1, -0.05) is 77.4 Å². The molecule has 1 aliphatic rings. The lowest BCUT2D eigenvalue weighted by molar-refractivity contribution is -0.385. The van der Waals surface area contributed by atoms with Crippen molar-refractivity contribution in [3.05, 3.63) is 118 Å². The van der Waals surface area contributed by atoms with Crippen LogP contribution < -0.4 is 0 Å². The summed E-state index contributed by atoms with van der Waals surface area (Å²) in [5, 5.41) is 59.4. The summed E-state index contributed by atoms with van der Waals surface area (Å²) in [6.45, 7) is 16.0. The molecular formula is C38H42ClNO6. The van der Waals surface area contributed by atoms with Crippen LogP contribution in [0.15, 0.2) is 36.4 Å². The number of aromatic hydroxyl groups is 4.